The first-order valence-corrected chi connectivity index (χ1v) is 9.73. The van der Waals surface area contributed by atoms with Crippen LogP contribution in [0.3, 0.4) is 0 Å². The Kier molecular flexibility index (Phi) is 5.62. The van der Waals surface area contributed by atoms with Crippen molar-refractivity contribution in [2.45, 2.75) is 37.5 Å². The summed E-state index contributed by atoms with van der Waals surface area (Å²) in [6.45, 7) is 2.69. The van der Waals surface area contributed by atoms with Crippen LogP contribution in [0, 0.1) is 11.7 Å². The van der Waals surface area contributed by atoms with Crippen molar-refractivity contribution in [1.29, 1.82) is 0 Å². The molecule has 1 fully saturated rings. The van der Waals surface area contributed by atoms with E-state index in [-0.39, 0.29) is 30.1 Å². The van der Waals surface area contributed by atoms with Crippen LogP contribution >= 0.6 is 0 Å². The summed E-state index contributed by atoms with van der Waals surface area (Å²) in [5.41, 5.74) is 0. The highest BCUT2D eigenvalue weighted by molar-refractivity contribution is 5.30. The number of likely N-dealkylation sites (tertiary alicyclic amines) is 1. The van der Waals surface area contributed by atoms with Gasteiger partial charge < -0.3 is 10.1 Å². The molecule has 0 amide bonds. The summed E-state index contributed by atoms with van der Waals surface area (Å²) in [6, 6.07) is 3.89. The third-order valence-electron chi connectivity index (χ3n) is 5.64. The van der Waals surface area contributed by atoms with Crippen molar-refractivity contribution in [3.05, 3.63) is 36.4 Å². The topological polar surface area (TPSA) is 55.2 Å². The molecule has 0 spiro atoms. The fourth-order valence-electron chi connectivity index (χ4n) is 4.18. The summed E-state index contributed by atoms with van der Waals surface area (Å²) in [5, 5.41) is 6.90. The third kappa shape index (κ3) is 4.63. The molecule has 3 heterocycles. The van der Waals surface area contributed by atoms with E-state index < -0.39 is 12.2 Å². The molecule has 0 bridgehead atoms. The fraction of sp³-hybridized carbons (Fsp3) is 0.579. The van der Waals surface area contributed by atoms with Crippen molar-refractivity contribution < 1.29 is 22.3 Å². The molecule has 2 aromatic rings. The molecule has 0 radical (unpaired) electrons. The number of hydrogen-bond donors (Lipinski definition) is 1. The molecule has 2 aliphatic heterocycles. The number of hydrogen-bond acceptors (Lipinski definition) is 5. The van der Waals surface area contributed by atoms with Gasteiger partial charge in [-0.25, -0.2) is 9.07 Å². The van der Waals surface area contributed by atoms with Crippen molar-refractivity contribution in [3.63, 3.8) is 0 Å². The predicted molar refractivity (Wildman–Crippen MR) is 98.2 cm³/mol. The predicted octanol–water partition coefficient (Wildman–Crippen LogP) is 3.50. The molecule has 1 aromatic carbocycles. The van der Waals surface area contributed by atoms with Gasteiger partial charge in [0.15, 0.2) is 6.04 Å². The average molecular weight is 413 g/mol. The molecule has 1 saturated heterocycles. The molecule has 3 atom stereocenters. The highest BCUT2D eigenvalue weighted by Gasteiger charge is 2.48. The van der Waals surface area contributed by atoms with Crippen LogP contribution in [0.1, 0.15) is 25.3 Å². The number of fused-ring (bicyclic) bond motifs is 1. The first-order chi connectivity index (χ1) is 13.9. The number of anilines is 1. The van der Waals surface area contributed by atoms with Crippen LogP contribution in [0.15, 0.2) is 30.6 Å². The van der Waals surface area contributed by atoms with Gasteiger partial charge >= 0.3 is 6.18 Å². The van der Waals surface area contributed by atoms with Gasteiger partial charge in [-0.15, -0.1) is 0 Å². The van der Waals surface area contributed by atoms with E-state index in [0.717, 1.165) is 30.4 Å². The van der Waals surface area contributed by atoms with Gasteiger partial charge in [0, 0.05) is 19.1 Å². The Labute approximate surface area is 165 Å². The van der Waals surface area contributed by atoms with Gasteiger partial charge in [-0.05, 0) is 56.0 Å². The third-order valence-corrected chi connectivity index (χ3v) is 5.64. The molecule has 4 rings (SSSR count). The number of piperidine rings is 1. The Bertz CT molecular complexity index is 810. The second-order valence-corrected chi connectivity index (χ2v) is 7.58. The Morgan fingerprint density at radius 2 is 2.00 bits per heavy atom. The minimum atomic E-state index is -4.36. The minimum absolute atomic E-state index is 0.0511. The van der Waals surface area contributed by atoms with Crippen LogP contribution in [0.2, 0.25) is 0 Å². The van der Waals surface area contributed by atoms with E-state index in [4.69, 9.17) is 4.74 Å². The summed E-state index contributed by atoms with van der Waals surface area (Å²) in [6.07, 6.45) is -1.47. The van der Waals surface area contributed by atoms with E-state index >= 15 is 0 Å². The lowest BCUT2D eigenvalue weighted by atomic mass is 9.86. The summed E-state index contributed by atoms with van der Waals surface area (Å²) in [4.78, 5) is 6.16. The standard InChI is InChI=1S/C19H23F4N5O/c20-14-3-5-15(6-4-14)29-9-8-27-7-1-2-13(11-27)16-10-17(19(21,22)23)28-18(26-16)24-12-25-28/h3-6,12-13,16-17H,1-2,7-11H2,(H,24,25,26)/t13?,16-,17+/m0/s1. The number of aromatic nitrogens is 3. The molecule has 2 aliphatic rings. The Balaban J connectivity index is 1.34. The number of nitrogens with zero attached hydrogens (tertiary/aromatic N) is 4. The van der Waals surface area contributed by atoms with Crippen molar-refractivity contribution in [3.8, 4) is 5.75 Å². The van der Waals surface area contributed by atoms with Crippen LogP contribution in [0.25, 0.3) is 0 Å². The number of alkyl halides is 3. The van der Waals surface area contributed by atoms with Gasteiger partial charge in [-0.3, -0.25) is 4.90 Å². The van der Waals surface area contributed by atoms with E-state index in [2.05, 4.69) is 20.3 Å². The maximum atomic E-state index is 13.5. The molecule has 0 aliphatic carbocycles. The molecule has 6 nitrogen and oxygen atoms in total. The van der Waals surface area contributed by atoms with Crippen molar-refractivity contribution in [1.82, 2.24) is 19.7 Å². The van der Waals surface area contributed by atoms with E-state index in [1.165, 1.54) is 12.1 Å². The fourth-order valence-corrected chi connectivity index (χ4v) is 4.18. The molecule has 1 unspecified atom stereocenters. The smallest absolute Gasteiger partial charge is 0.411 e. The van der Waals surface area contributed by atoms with Gasteiger partial charge in [0.05, 0.1) is 0 Å². The summed E-state index contributed by atoms with van der Waals surface area (Å²) in [7, 11) is 0. The normalized spacial score (nSPS) is 25.3. The number of benzene rings is 1. The monoisotopic (exact) mass is 413 g/mol. The highest BCUT2D eigenvalue weighted by Crippen LogP contribution is 2.40. The second kappa shape index (κ2) is 8.17. The number of rotatable bonds is 5. The SMILES string of the molecule is Fc1ccc(OCCN2CCCC([C@@H]3C[C@H](C(F)(F)F)n4ncnc4N3)C2)cc1. The Morgan fingerprint density at radius 3 is 2.76 bits per heavy atom. The molecule has 29 heavy (non-hydrogen) atoms. The lowest BCUT2D eigenvalue weighted by Gasteiger charge is -2.41. The zero-order valence-electron chi connectivity index (χ0n) is 15.8. The minimum Gasteiger partial charge on any atom is -0.492 e. The molecule has 0 saturated carbocycles. The Morgan fingerprint density at radius 1 is 1.21 bits per heavy atom. The quantitative estimate of drug-likeness (QED) is 0.761. The first-order valence-electron chi connectivity index (χ1n) is 9.73. The van der Waals surface area contributed by atoms with Gasteiger partial charge in [-0.2, -0.15) is 23.3 Å². The average Bonchev–Trinajstić information content (AvgIpc) is 3.17. The lowest BCUT2D eigenvalue weighted by Crippen LogP contribution is -2.48. The molecular weight excluding hydrogens is 390 g/mol. The van der Waals surface area contributed by atoms with Gasteiger partial charge in [0.25, 0.3) is 0 Å². The van der Waals surface area contributed by atoms with Crippen LogP contribution in [-0.4, -0.2) is 58.1 Å². The number of ether oxygens (including phenoxy) is 1. The highest BCUT2D eigenvalue weighted by atomic mass is 19.4. The summed E-state index contributed by atoms with van der Waals surface area (Å²) in [5.74, 6) is 0.552. The van der Waals surface area contributed by atoms with E-state index in [0.29, 0.717) is 25.4 Å². The maximum absolute atomic E-state index is 13.5. The summed E-state index contributed by atoms with van der Waals surface area (Å²) < 4.78 is 60.0. The second-order valence-electron chi connectivity index (χ2n) is 7.58. The van der Waals surface area contributed by atoms with Gasteiger partial charge in [0.2, 0.25) is 5.95 Å². The molecule has 158 valence electrons. The van der Waals surface area contributed by atoms with Crippen LogP contribution in [0.5, 0.6) is 5.75 Å². The number of halogens is 4. The van der Waals surface area contributed by atoms with Crippen molar-refractivity contribution in [2.75, 3.05) is 31.6 Å². The van der Waals surface area contributed by atoms with Crippen molar-refractivity contribution in [2.24, 2.45) is 5.92 Å². The maximum Gasteiger partial charge on any atom is 0.411 e. The molecular formula is C19H23F4N5O. The Hall–Kier alpha value is -2.36. The molecule has 1 N–H and O–H groups in total. The molecule has 10 heteroatoms. The first kappa shape index (κ1) is 19.9. The largest absolute Gasteiger partial charge is 0.492 e. The summed E-state index contributed by atoms with van der Waals surface area (Å²) >= 11 is 0. The van der Waals surface area contributed by atoms with Gasteiger partial charge in [0.1, 0.15) is 24.5 Å². The lowest BCUT2D eigenvalue weighted by molar-refractivity contribution is -0.174. The van der Waals surface area contributed by atoms with Gasteiger partial charge in [-0.1, -0.05) is 0 Å². The zero-order chi connectivity index (χ0) is 20.4. The van der Waals surface area contributed by atoms with E-state index in [1.807, 2.05) is 0 Å². The van der Waals surface area contributed by atoms with E-state index in [9.17, 15) is 17.6 Å². The zero-order valence-corrected chi connectivity index (χ0v) is 15.8. The molecule has 1 aromatic heterocycles. The van der Waals surface area contributed by atoms with Crippen LogP contribution in [0.4, 0.5) is 23.5 Å². The van der Waals surface area contributed by atoms with E-state index in [1.54, 1.807) is 12.1 Å². The van der Waals surface area contributed by atoms with Crippen LogP contribution < -0.4 is 10.1 Å². The van der Waals surface area contributed by atoms with Crippen molar-refractivity contribution >= 4 is 5.95 Å². The number of nitrogens with one attached hydrogen (secondary N) is 1. The van der Waals surface area contributed by atoms with Crippen LogP contribution in [-0.2, 0) is 0 Å².